The molecule has 0 aliphatic carbocycles. The van der Waals surface area contributed by atoms with Gasteiger partial charge in [-0.2, -0.15) is 13.2 Å². The van der Waals surface area contributed by atoms with E-state index >= 15 is 0 Å². The van der Waals surface area contributed by atoms with Crippen LogP contribution in [-0.4, -0.2) is 41.4 Å². The number of nitrogens with one attached hydrogen (secondary N) is 1. The molecule has 0 fully saturated rings. The lowest BCUT2D eigenvalue weighted by atomic mass is 10.2. The van der Waals surface area contributed by atoms with E-state index in [2.05, 4.69) is 15.0 Å². The highest BCUT2D eigenvalue weighted by Crippen LogP contribution is 2.20. The summed E-state index contributed by atoms with van der Waals surface area (Å²) in [4.78, 5) is 15.5. The number of hydrogen-bond acceptors (Lipinski definition) is 4. The van der Waals surface area contributed by atoms with Crippen LogP contribution >= 0.6 is 0 Å². The lowest BCUT2D eigenvalue weighted by Crippen LogP contribution is -2.33. The number of pyridine rings is 1. The zero-order valence-corrected chi connectivity index (χ0v) is 10.8. The predicted octanol–water partition coefficient (Wildman–Crippen LogP) is 1.52. The van der Waals surface area contributed by atoms with Gasteiger partial charge in [0.25, 0.3) is 5.91 Å². The summed E-state index contributed by atoms with van der Waals surface area (Å²) >= 11 is 0. The Morgan fingerprint density at radius 2 is 2.25 bits per heavy atom. The van der Waals surface area contributed by atoms with Crippen LogP contribution in [0.3, 0.4) is 0 Å². The minimum atomic E-state index is -4.50. The molecule has 0 bridgehead atoms. The first-order valence-corrected chi connectivity index (χ1v) is 5.90. The molecule has 1 amide bonds. The molecule has 0 saturated heterocycles. The van der Waals surface area contributed by atoms with Gasteiger partial charge in [-0.3, -0.25) is 4.79 Å². The molecular formula is C12H15F3N2O3. The molecule has 0 unspecified atom stereocenters. The summed E-state index contributed by atoms with van der Waals surface area (Å²) in [6.45, 7) is 0.0448. The molecule has 0 aliphatic heterocycles. The SMILES string of the molecule is C[C@H](CCO)NC(=O)c1cccnc1OCC(F)(F)F. The average Bonchev–Trinajstić information content (AvgIpc) is 2.36. The maximum atomic E-state index is 12.1. The number of amides is 1. The van der Waals surface area contributed by atoms with Gasteiger partial charge in [0, 0.05) is 18.8 Å². The van der Waals surface area contributed by atoms with Crippen molar-refractivity contribution in [3.8, 4) is 5.88 Å². The van der Waals surface area contributed by atoms with Crippen LogP contribution in [0.4, 0.5) is 13.2 Å². The van der Waals surface area contributed by atoms with Crippen molar-refractivity contribution in [2.45, 2.75) is 25.6 Å². The van der Waals surface area contributed by atoms with Crippen LogP contribution in [0, 0.1) is 0 Å². The molecule has 1 heterocycles. The molecule has 20 heavy (non-hydrogen) atoms. The Morgan fingerprint density at radius 3 is 2.85 bits per heavy atom. The molecular weight excluding hydrogens is 277 g/mol. The standard InChI is InChI=1S/C12H15F3N2O3/c1-8(4-6-18)17-10(19)9-3-2-5-16-11(9)20-7-12(13,14)15/h2-3,5,8,18H,4,6-7H2,1H3,(H,17,19)/t8-/m1/s1. The van der Waals surface area contributed by atoms with Gasteiger partial charge in [0.2, 0.25) is 5.88 Å². The molecule has 8 heteroatoms. The molecule has 0 aromatic carbocycles. The quantitative estimate of drug-likeness (QED) is 0.834. The first-order chi connectivity index (χ1) is 9.33. The zero-order valence-electron chi connectivity index (χ0n) is 10.8. The largest absolute Gasteiger partial charge is 0.467 e. The van der Waals surface area contributed by atoms with Gasteiger partial charge in [0.15, 0.2) is 6.61 Å². The van der Waals surface area contributed by atoms with Crippen molar-refractivity contribution in [3.63, 3.8) is 0 Å². The number of halogens is 3. The number of aromatic nitrogens is 1. The fraction of sp³-hybridized carbons (Fsp3) is 0.500. The lowest BCUT2D eigenvalue weighted by molar-refractivity contribution is -0.154. The van der Waals surface area contributed by atoms with E-state index in [1.807, 2.05) is 0 Å². The number of nitrogens with zero attached hydrogens (tertiary/aromatic N) is 1. The average molecular weight is 292 g/mol. The lowest BCUT2D eigenvalue weighted by Gasteiger charge is -2.15. The van der Waals surface area contributed by atoms with Crippen LogP contribution in [0.5, 0.6) is 5.88 Å². The molecule has 1 aromatic heterocycles. The second-order valence-corrected chi connectivity index (χ2v) is 4.15. The topological polar surface area (TPSA) is 71.5 Å². The first-order valence-electron chi connectivity index (χ1n) is 5.90. The maximum Gasteiger partial charge on any atom is 0.422 e. The minimum absolute atomic E-state index is 0.0819. The number of carbonyl (C=O) groups is 1. The number of ether oxygens (including phenoxy) is 1. The second kappa shape index (κ2) is 7.09. The Bertz CT molecular complexity index is 452. The van der Waals surface area contributed by atoms with Crippen LogP contribution in [0.15, 0.2) is 18.3 Å². The van der Waals surface area contributed by atoms with Crippen molar-refractivity contribution in [3.05, 3.63) is 23.9 Å². The van der Waals surface area contributed by atoms with Crippen LogP contribution in [0.1, 0.15) is 23.7 Å². The van der Waals surface area contributed by atoms with E-state index in [0.717, 1.165) is 0 Å². The first kappa shape index (κ1) is 16.2. The molecule has 112 valence electrons. The highest BCUT2D eigenvalue weighted by atomic mass is 19.4. The van der Waals surface area contributed by atoms with E-state index in [4.69, 9.17) is 5.11 Å². The summed E-state index contributed by atoms with van der Waals surface area (Å²) < 4.78 is 40.8. The third-order valence-electron chi connectivity index (χ3n) is 2.33. The van der Waals surface area contributed by atoms with Gasteiger partial charge in [-0.25, -0.2) is 4.98 Å². The molecule has 0 saturated carbocycles. The Hall–Kier alpha value is -1.83. The van der Waals surface area contributed by atoms with Crippen LogP contribution in [0.25, 0.3) is 0 Å². The smallest absolute Gasteiger partial charge is 0.422 e. The Morgan fingerprint density at radius 1 is 1.55 bits per heavy atom. The molecule has 0 aliphatic rings. The molecule has 1 aromatic rings. The zero-order chi connectivity index (χ0) is 15.2. The van der Waals surface area contributed by atoms with E-state index in [9.17, 15) is 18.0 Å². The monoisotopic (exact) mass is 292 g/mol. The van der Waals surface area contributed by atoms with Gasteiger partial charge < -0.3 is 15.2 Å². The molecule has 5 nitrogen and oxygen atoms in total. The second-order valence-electron chi connectivity index (χ2n) is 4.15. The number of hydrogen-bond donors (Lipinski definition) is 2. The summed E-state index contributed by atoms with van der Waals surface area (Å²) in [6.07, 6.45) is -2.93. The van der Waals surface area contributed by atoms with Crippen molar-refractivity contribution in [2.24, 2.45) is 0 Å². The third-order valence-corrected chi connectivity index (χ3v) is 2.33. The van der Waals surface area contributed by atoms with E-state index in [-0.39, 0.29) is 24.1 Å². The van der Waals surface area contributed by atoms with Crippen LogP contribution in [0.2, 0.25) is 0 Å². The summed E-state index contributed by atoms with van der Waals surface area (Å²) in [7, 11) is 0. The number of rotatable bonds is 6. The number of alkyl halides is 3. The molecule has 2 N–H and O–H groups in total. The van der Waals surface area contributed by atoms with E-state index in [1.54, 1.807) is 6.92 Å². The molecule has 0 spiro atoms. The molecule has 1 atom stereocenters. The van der Waals surface area contributed by atoms with E-state index in [0.29, 0.717) is 6.42 Å². The van der Waals surface area contributed by atoms with E-state index < -0.39 is 18.7 Å². The van der Waals surface area contributed by atoms with Crippen LogP contribution < -0.4 is 10.1 Å². The van der Waals surface area contributed by atoms with Crippen molar-refractivity contribution < 1.29 is 27.8 Å². The predicted molar refractivity (Wildman–Crippen MR) is 64.4 cm³/mol. The van der Waals surface area contributed by atoms with Gasteiger partial charge in [-0.15, -0.1) is 0 Å². The van der Waals surface area contributed by atoms with Gasteiger partial charge in [0.1, 0.15) is 5.56 Å². The van der Waals surface area contributed by atoms with Gasteiger partial charge in [-0.1, -0.05) is 0 Å². The fourth-order valence-corrected chi connectivity index (χ4v) is 1.40. The normalized spacial score (nSPS) is 12.8. The number of aliphatic hydroxyl groups is 1. The molecule has 0 radical (unpaired) electrons. The number of aliphatic hydroxyl groups excluding tert-OH is 1. The highest BCUT2D eigenvalue weighted by molar-refractivity contribution is 5.96. The summed E-state index contributed by atoms with van der Waals surface area (Å²) in [5, 5.41) is 11.3. The van der Waals surface area contributed by atoms with Crippen molar-refractivity contribution in [2.75, 3.05) is 13.2 Å². The number of carbonyl (C=O) groups excluding carboxylic acids is 1. The van der Waals surface area contributed by atoms with Crippen molar-refractivity contribution in [1.29, 1.82) is 0 Å². The van der Waals surface area contributed by atoms with E-state index in [1.165, 1.54) is 18.3 Å². The van der Waals surface area contributed by atoms with Gasteiger partial charge in [-0.05, 0) is 25.5 Å². The summed E-state index contributed by atoms with van der Waals surface area (Å²) in [5.41, 5.74) is -0.0819. The highest BCUT2D eigenvalue weighted by Gasteiger charge is 2.29. The maximum absolute atomic E-state index is 12.1. The van der Waals surface area contributed by atoms with Gasteiger partial charge >= 0.3 is 6.18 Å². The molecule has 1 rings (SSSR count). The third kappa shape index (κ3) is 5.43. The van der Waals surface area contributed by atoms with Crippen LogP contribution in [-0.2, 0) is 0 Å². The Balaban J connectivity index is 2.76. The summed E-state index contributed by atoms with van der Waals surface area (Å²) in [5.74, 6) is -0.977. The van der Waals surface area contributed by atoms with Crippen molar-refractivity contribution in [1.82, 2.24) is 10.3 Å². The fourth-order valence-electron chi connectivity index (χ4n) is 1.40. The Kier molecular flexibility index (Phi) is 5.75. The van der Waals surface area contributed by atoms with Gasteiger partial charge in [0.05, 0.1) is 0 Å². The minimum Gasteiger partial charge on any atom is -0.467 e. The Labute approximate surface area is 113 Å². The van der Waals surface area contributed by atoms with Crippen molar-refractivity contribution >= 4 is 5.91 Å². The summed E-state index contributed by atoms with van der Waals surface area (Å²) in [6, 6.07) is 2.43.